The molecule has 0 aliphatic rings. The van der Waals surface area contributed by atoms with Gasteiger partial charge in [0.25, 0.3) is 5.91 Å². The number of aryl methyl sites for hydroxylation is 1. The van der Waals surface area contributed by atoms with Crippen molar-refractivity contribution in [2.24, 2.45) is 0 Å². The van der Waals surface area contributed by atoms with Gasteiger partial charge in [0, 0.05) is 62.6 Å². The van der Waals surface area contributed by atoms with Gasteiger partial charge in [-0.3, -0.25) is 9.78 Å². The Morgan fingerprint density at radius 2 is 1.87 bits per heavy atom. The van der Waals surface area contributed by atoms with Gasteiger partial charge in [0.2, 0.25) is 0 Å². The van der Waals surface area contributed by atoms with Crippen molar-refractivity contribution >= 4 is 11.6 Å². The van der Waals surface area contributed by atoms with Gasteiger partial charge in [-0.2, -0.15) is 0 Å². The first-order valence-electron chi connectivity index (χ1n) is 12.8. The molecule has 0 unspecified atom stereocenters. The molecule has 0 saturated heterocycles. The maximum Gasteiger partial charge on any atom is 0.251 e. The van der Waals surface area contributed by atoms with Gasteiger partial charge >= 0.3 is 0 Å². The maximum atomic E-state index is 12.8. The van der Waals surface area contributed by atoms with Crippen LogP contribution in [-0.2, 0) is 26.1 Å². The second-order valence-corrected chi connectivity index (χ2v) is 8.65. The molecule has 0 saturated carbocycles. The van der Waals surface area contributed by atoms with Crippen LogP contribution in [0.15, 0.2) is 61.3 Å². The highest BCUT2D eigenvalue weighted by atomic mass is 16.1. The molecule has 4 N–H and O–H groups in total. The van der Waals surface area contributed by atoms with Crippen molar-refractivity contribution in [1.29, 1.82) is 0 Å². The Bertz CT molecular complexity index is 1310. The summed E-state index contributed by atoms with van der Waals surface area (Å²) >= 11 is 0. The minimum Gasteiger partial charge on any atom is -0.378 e. The summed E-state index contributed by atoms with van der Waals surface area (Å²) in [5.41, 5.74) is 4.32. The van der Waals surface area contributed by atoms with Crippen molar-refractivity contribution in [2.75, 3.05) is 32.0 Å². The van der Waals surface area contributed by atoms with Gasteiger partial charge in [-0.15, -0.1) is 10.2 Å². The molecule has 1 aromatic carbocycles. The summed E-state index contributed by atoms with van der Waals surface area (Å²) in [4.78, 5) is 25.4. The molecule has 0 aliphatic heterocycles. The smallest absolute Gasteiger partial charge is 0.251 e. The first kappa shape index (κ1) is 26.8. The number of hydrogen-bond acceptors (Lipinski definition) is 9. The molecule has 0 radical (unpaired) electrons. The molecule has 11 nitrogen and oxygen atoms in total. The molecule has 3 aromatic heterocycles. The van der Waals surface area contributed by atoms with E-state index in [0.29, 0.717) is 36.7 Å². The number of nitrogens with one attached hydrogen (secondary N) is 4. The SMILES string of the molecule is CCc1cnccc1CNC(=O)c1cccc(NCc2nnc(-c3ccncn3)n2CCNCCNC)c1. The molecule has 0 bridgehead atoms. The molecule has 38 heavy (non-hydrogen) atoms. The molecule has 1 amide bonds. The average Bonchev–Trinajstić information content (AvgIpc) is 3.38. The number of nitrogens with zero attached hydrogens (tertiary/aromatic N) is 6. The van der Waals surface area contributed by atoms with Crippen LogP contribution >= 0.6 is 0 Å². The number of benzene rings is 1. The van der Waals surface area contributed by atoms with Crippen LogP contribution < -0.4 is 21.3 Å². The van der Waals surface area contributed by atoms with E-state index in [1.165, 1.54) is 6.33 Å². The molecule has 4 rings (SSSR count). The minimum absolute atomic E-state index is 0.130. The molecular formula is C27H34N10O. The highest BCUT2D eigenvalue weighted by Gasteiger charge is 2.15. The third-order valence-electron chi connectivity index (χ3n) is 6.10. The Labute approximate surface area is 222 Å². The van der Waals surface area contributed by atoms with Crippen LogP contribution in [0.25, 0.3) is 11.5 Å². The van der Waals surface area contributed by atoms with Gasteiger partial charge in [0.05, 0.1) is 6.54 Å². The summed E-state index contributed by atoms with van der Waals surface area (Å²) < 4.78 is 2.05. The van der Waals surface area contributed by atoms with Crippen molar-refractivity contribution in [3.63, 3.8) is 0 Å². The zero-order chi connectivity index (χ0) is 26.6. The average molecular weight is 515 g/mol. The molecule has 0 aliphatic carbocycles. The van der Waals surface area contributed by atoms with E-state index in [9.17, 15) is 4.79 Å². The largest absolute Gasteiger partial charge is 0.378 e. The lowest BCUT2D eigenvalue weighted by Gasteiger charge is -2.13. The quantitative estimate of drug-likeness (QED) is 0.187. The lowest BCUT2D eigenvalue weighted by atomic mass is 10.1. The normalized spacial score (nSPS) is 10.9. The predicted molar refractivity (Wildman–Crippen MR) is 146 cm³/mol. The number of amides is 1. The first-order chi connectivity index (χ1) is 18.7. The van der Waals surface area contributed by atoms with E-state index < -0.39 is 0 Å². The lowest BCUT2D eigenvalue weighted by Crippen LogP contribution is -2.28. The van der Waals surface area contributed by atoms with Gasteiger partial charge in [-0.25, -0.2) is 9.97 Å². The maximum absolute atomic E-state index is 12.8. The molecular weight excluding hydrogens is 480 g/mol. The Morgan fingerprint density at radius 3 is 2.68 bits per heavy atom. The standard InChI is InChI=1S/C27H34N10O/c1-3-20-16-30-9-7-22(20)17-33-27(38)21-5-4-6-23(15-21)32-18-25-35-36-26(24-8-10-31-19-34-24)37(25)14-13-29-12-11-28-2/h4-10,15-16,19,28-29,32H,3,11-14,17-18H2,1-2H3,(H,33,38). The summed E-state index contributed by atoms with van der Waals surface area (Å²) in [7, 11) is 1.93. The van der Waals surface area contributed by atoms with Gasteiger partial charge in [-0.1, -0.05) is 13.0 Å². The van der Waals surface area contributed by atoms with Crippen LogP contribution in [-0.4, -0.2) is 62.3 Å². The summed E-state index contributed by atoms with van der Waals surface area (Å²) in [6.07, 6.45) is 7.66. The number of likely N-dealkylation sites (N-methyl/N-ethyl adjacent to an activating group) is 1. The van der Waals surface area contributed by atoms with E-state index in [4.69, 9.17) is 0 Å². The fourth-order valence-electron chi connectivity index (χ4n) is 4.02. The van der Waals surface area contributed by atoms with Crippen molar-refractivity contribution in [2.45, 2.75) is 33.0 Å². The summed E-state index contributed by atoms with van der Waals surface area (Å²) in [5.74, 6) is 1.33. The second-order valence-electron chi connectivity index (χ2n) is 8.65. The van der Waals surface area contributed by atoms with E-state index in [0.717, 1.165) is 48.7 Å². The van der Waals surface area contributed by atoms with Crippen LogP contribution in [0.5, 0.6) is 0 Å². The Morgan fingerprint density at radius 1 is 0.974 bits per heavy atom. The van der Waals surface area contributed by atoms with Gasteiger partial charge in [0.15, 0.2) is 11.6 Å². The van der Waals surface area contributed by atoms with Gasteiger partial charge < -0.3 is 25.8 Å². The van der Waals surface area contributed by atoms with Crippen molar-refractivity contribution in [3.8, 4) is 11.5 Å². The number of carbonyl (C=O) groups is 1. The Hall–Kier alpha value is -4.22. The third kappa shape index (κ3) is 7.17. The van der Waals surface area contributed by atoms with Crippen molar-refractivity contribution in [3.05, 3.63) is 83.8 Å². The predicted octanol–water partition coefficient (Wildman–Crippen LogP) is 2.04. The zero-order valence-electron chi connectivity index (χ0n) is 21.8. The molecule has 198 valence electrons. The van der Waals surface area contributed by atoms with Crippen LogP contribution in [0.3, 0.4) is 0 Å². The van der Waals surface area contributed by atoms with E-state index >= 15 is 0 Å². The van der Waals surface area contributed by atoms with E-state index in [1.54, 1.807) is 18.5 Å². The van der Waals surface area contributed by atoms with E-state index in [1.807, 2.05) is 43.6 Å². The zero-order valence-corrected chi connectivity index (χ0v) is 21.8. The van der Waals surface area contributed by atoms with Crippen molar-refractivity contribution < 1.29 is 4.79 Å². The van der Waals surface area contributed by atoms with Crippen LogP contribution in [0.1, 0.15) is 34.2 Å². The number of rotatable bonds is 14. The monoisotopic (exact) mass is 514 g/mol. The number of anilines is 1. The number of pyridine rings is 1. The molecule has 3 heterocycles. The lowest BCUT2D eigenvalue weighted by molar-refractivity contribution is 0.0951. The van der Waals surface area contributed by atoms with Crippen LogP contribution in [0.2, 0.25) is 0 Å². The van der Waals surface area contributed by atoms with Crippen molar-refractivity contribution in [1.82, 2.24) is 45.7 Å². The fourth-order valence-corrected chi connectivity index (χ4v) is 4.02. The Balaban J connectivity index is 1.42. The molecule has 0 spiro atoms. The number of hydrogen-bond donors (Lipinski definition) is 4. The number of carbonyl (C=O) groups excluding carboxylic acids is 1. The van der Waals surface area contributed by atoms with Crippen LogP contribution in [0, 0.1) is 0 Å². The highest BCUT2D eigenvalue weighted by Crippen LogP contribution is 2.17. The molecule has 0 fully saturated rings. The Kier molecular flexibility index (Phi) is 9.82. The fraction of sp³-hybridized carbons (Fsp3) is 0.333. The first-order valence-corrected chi connectivity index (χ1v) is 12.8. The van der Waals surface area contributed by atoms with Crippen LogP contribution in [0.4, 0.5) is 5.69 Å². The summed E-state index contributed by atoms with van der Waals surface area (Å²) in [6.45, 7) is 6.18. The molecule has 4 aromatic rings. The summed E-state index contributed by atoms with van der Waals surface area (Å²) in [6, 6.07) is 11.2. The summed E-state index contributed by atoms with van der Waals surface area (Å²) in [5, 5.41) is 21.8. The third-order valence-corrected chi connectivity index (χ3v) is 6.10. The van der Waals surface area contributed by atoms with E-state index in [-0.39, 0.29) is 5.91 Å². The number of aromatic nitrogens is 6. The second kappa shape index (κ2) is 13.9. The topological polar surface area (TPSA) is 135 Å². The highest BCUT2D eigenvalue weighted by molar-refractivity contribution is 5.95. The minimum atomic E-state index is -0.130. The molecule has 0 atom stereocenters. The van der Waals surface area contributed by atoms with Gasteiger partial charge in [-0.05, 0) is 54.9 Å². The van der Waals surface area contributed by atoms with Gasteiger partial charge in [0.1, 0.15) is 12.0 Å². The molecule has 11 heteroatoms. The van der Waals surface area contributed by atoms with E-state index in [2.05, 4.69) is 57.9 Å².